The van der Waals surface area contributed by atoms with Crippen molar-refractivity contribution in [3.05, 3.63) is 66.1 Å². The van der Waals surface area contributed by atoms with Gasteiger partial charge in [0.15, 0.2) is 0 Å². The van der Waals surface area contributed by atoms with Gasteiger partial charge in [-0.3, -0.25) is 4.79 Å². The molecule has 126 valence electrons. The Bertz CT molecular complexity index is 876. The molecule has 0 unspecified atom stereocenters. The van der Waals surface area contributed by atoms with Crippen molar-refractivity contribution in [3.63, 3.8) is 0 Å². The third-order valence-corrected chi connectivity index (χ3v) is 4.15. The molecule has 0 bridgehead atoms. The van der Waals surface area contributed by atoms with E-state index >= 15 is 0 Å². The average Bonchev–Trinajstić information content (AvgIpc) is 3.15. The standard InChI is InChI=1S/C19H17N3O3/c23-18(15-10-14-8-4-5-9-16(14)24-12-15)20-11-17-21-22-19(25-17)13-6-2-1-3-7-13/h1-9,15H,10-12H2,(H,20,23)/t15-/m0/s1. The fourth-order valence-electron chi connectivity index (χ4n) is 2.83. The van der Waals surface area contributed by atoms with Crippen molar-refractivity contribution in [2.45, 2.75) is 13.0 Å². The number of aromatic nitrogens is 2. The summed E-state index contributed by atoms with van der Waals surface area (Å²) in [6.45, 7) is 0.582. The molecule has 0 radical (unpaired) electrons. The molecule has 1 N–H and O–H groups in total. The van der Waals surface area contributed by atoms with Crippen LogP contribution in [0.4, 0.5) is 0 Å². The minimum atomic E-state index is -0.216. The molecule has 1 amide bonds. The number of carbonyl (C=O) groups is 1. The van der Waals surface area contributed by atoms with Gasteiger partial charge >= 0.3 is 0 Å². The number of amides is 1. The van der Waals surface area contributed by atoms with Crippen molar-refractivity contribution in [1.29, 1.82) is 0 Å². The Kier molecular flexibility index (Phi) is 4.16. The highest BCUT2D eigenvalue weighted by Gasteiger charge is 2.25. The molecule has 2 heterocycles. The van der Waals surface area contributed by atoms with E-state index in [1.807, 2.05) is 54.6 Å². The van der Waals surface area contributed by atoms with Crippen LogP contribution >= 0.6 is 0 Å². The number of benzene rings is 2. The van der Waals surface area contributed by atoms with Gasteiger partial charge in [0, 0.05) is 5.56 Å². The third-order valence-electron chi connectivity index (χ3n) is 4.15. The molecule has 1 aliphatic heterocycles. The molecule has 3 aromatic rings. The molecular formula is C19H17N3O3. The smallest absolute Gasteiger partial charge is 0.247 e. The van der Waals surface area contributed by atoms with E-state index in [1.54, 1.807) is 0 Å². The fourth-order valence-corrected chi connectivity index (χ4v) is 2.83. The minimum Gasteiger partial charge on any atom is -0.492 e. The van der Waals surface area contributed by atoms with Crippen molar-refractivity contribution in [2.75, 3.05) is 6.61 Å². The lowest BCUT2D eigenvalue weighted by Gasteiger charge is -2.24. The van der Waals surface area contributed by atoms with Crippen LogP contribution in [0.3, 0.4) is 0 Å². The number of fused-ring (bicyclic) bond motifs is 1. The Hall–Kier alpha value is -3.15. The van der Waals surface area contributed by atoms with E-state index in [1.165, 1.54) is 0 Å². The Morgan fingerprint density at radius 3 is 2.76 bits per heavy atom. The maximum absolute atomic E-state index is 12.4. The van der Waals surface area contributed by atoms with Gasteiger partial charge in [-0.1, -0.05) is 36.4 Å². The van der Waals surface area contributed by atoms with Gasteiger partial charge in [0.2, 0.25) is 17.7 Å². The summed E-state index contributed by atoms with van der Waals surface area (Å²) in [5.41, 5.74) is 1.91. The highest BCUT2D eigenvalue weighted by atomic mass is 16.5. The summed E-state index contributed by atoms with van der Waals surface area (Å²) in [5.74, 6) is 1.39. The minimum absolute atomic E-state index is 0.0750. The summed E-state index contributed by atoms with van der Waals surface area (Å²) in [5, 5.41) is 10.8. The molecule has 0 fully saturated rings. The van der Waals surface area contributed by atoms with Gasteiger partial charge in [0.1, 0.15) is 12.4 Å². The van der Waals surface area contributed by atoms with E-state index in [0.717, 1.165) is 16.9 Å². The Morgan fingerprint density at radius 1 is 1.08 bits per heavy atom. The number of nitrogens with zero attached hydrogens (tertiary/aromatic N) is 2. The highest BCUT2D eigenvalue weighted by Crippen LogP contribution is 2.26. The molecular weight excluding hydrogens is 318 g/mol. The second-order valence-corrected chi connectivity index (χ2v) is 5.90. The summed E-state index contributed by atoms with van der Waals surface area (Å²) in [4.78, 5) is 12.4. The fraction of sp³-hybridized carbons (Fsp3) is 0.211. The molecule has 0 saturated heterocycles. The van der Waals surface area contributed by atoms with Crippen molar-refractivity contribution in [3.8, 4) is 17.2 Å². The number of para-hydroxylation sites is 1. The second kappa shape index (κ2) is 6.76. The SMILES string of the molecule is O=C(NCc1nnc(-c2ccccc2)o1)[C@@H]1COc2ccccc2C1. The summed E-state index contributed by atoms with van der Waals surface area (Å²) < 4.78 is 11.3. The summed E-state index contributed by atoms with van der Waals surface area (Å²) in [6.07, 6.45) is 0.668. The number of rotatable bonds is 4. The van der Waals surface area contributed by atoms with Crippen LogP contribution in [0.2, 0.25) is 0 Å². The van der Waals surface area contributed by atoms with Crippen LogP contribution in [0.5, 0.6) is 5.75 Å². The Labute approximate surface area is 144 Å². The monoisotopic (exact) mass is 335 g/mol. The largest absolute Gasteiger partial charge is 0.492 e. The Balaban J connectivity index is 1.36. The van der Waals surface area contributed by atoms with Crippen LogP contribution in [0, 0.1) is 5.92 Å². The molecule has 0 saturated carbocycles. The van der Waals surface area contributed by atoms with E-state index in [0.29, 0.717) is 24.8 Å². The van der Waals surface area contributed by atoms with Gasteiger partial charge in [-0.05, 0) is 30.2 Å². The third kappa shape index (κ3) is 3.38. The van der Waals surface area contributed by atoms with Crippen LogP contribution in [0.15, 0.2) is 59.0 Å². The van der Waals surface area contributed by atoms with Gasteiger partial charge in [0.25, 0.3) is 0 Å². The predicted octanol–water partition coefficient (Wildman–Crippen LogP) is 2.60. The highest BCUT2D eigenvalue weighted by molar-refractivity contribution is 5.79. The molecule has 2 aromatic carbocycles. The number of carbonyl (C=O) groups excluding carboxylic acids is 1. The first-order chi connectivity index (χ1) is 12.3. The lowest BCUT2D eigenvalue weighted by atomic mass is 9.96. The molecule has 0 spiro atoms. The van der Waals surface area contributed by atoms with Crippen LogP contribution < -0.4 is 10.1 Å². The van der Waals surface area contributed by atoms with Crippen LogP contribution in [-0.2, 0) is 17.8 Å². The maximum atomic E-state index is 12.4. The van der Waals surface area contributed by atoms with E-state index in [9.17, 15) is 4.79 Å². The first-order valence-corrected chi connectivity index (χ1v) is 8.16. The molecule has 4 rings (SSSR count). The van der Waals surface area contributed by atoms with Gasteiger partial charge < -0.3 is 14.5 Å². The van der Waals surface area contributed by atoms with Crippen LogP contribution in [-0.4, -0.2) is 22.7 Å². The van der Waals surface area contributed by atoms with Crippen molar-refractivity contribution in [2.24, 2.45) is 5.92 Å². The topological polar surface area (TPSA) is 77.3 Å². The molecule has 1 aliphatic rings. The number of ether oxygens (including phenoxy) is 1. The Morgan fingerprint density at radius 2 is 1.88 bits per heavy atom. The summed E-state index contributed by atoms with van der Waals surface area (Å²) in [7, 11) is 0. The van der Waals surface area contributed by atoms with E-state index in [2.05, 4.69) is 15.5 Å². The summed E-state index contributed by atoms with van der Waals surface area (Å²) in [6, 6.07) is 17.3. The number of nitrogens with one attached hydrogen (secondary N) is 1. The van der Waals surface area contributed by atoms with Crippen LogP contribution in [0.25, 0.3) is 11.5 Å². The molecule has 6 nitrogen and oxygen atoms in total. The molecule has 0 aliphatic carbocycles. The van der Waals surface area contributed by atoms with E-state index < -0.39 is 0 Å². The maximum Gasteiger partial charge on any atom is 0.247 e. The number of hydrogen-bond acceptors (Lipinski definition) is 5. The van der Waals surface area contributed by atoms with Gasteiger partial charge in [-0.15, -0.1) is 10.2 Å². The van der Waals surface area contributed by atoms with Gasteiger partial charge in [-0.2, -0.15) is 0 Å². The van der Waals surface area contributed by atoms with Gasteiger partial charge in [-0.25, -0.2) is 0 Å². The zero-order valence-corrected chi connectivity index (χ0v) is 13.5. The molecule has 6 heteroatoms. The van der Waals surface area contributed by atoms with E-state index in [4.69, 9.17) is 9.15 Å². The van der Waals surface area contributed by atoms with Crippen molar-refractivity contribution < 1.29 is 13.9 Å². The normalized spacial score (nSPS) is 15.9. The second-order valence-electron chi connectivity index (χ2n) is 5.90. The molecule has 1 atom stereocenters. The van der Waals surface area contributed by atoms with Crippen LogP contribution in [0.1, 0.15) is 11.5 Å². The zero-order chi connectivity index (χ0) is 17.1. The first kappa shape index (κ1) is 15.4. The van der Waals surface area contributed by atoms with Crippen molar-refractivity contribution >= 4 is 5.91 Å². The summed E-state index contributed by atoms with van der Waals surface area (Å²) >= 11 is 0. The lowest BCUT2D eigenvalue weighted by Crippen LogP contribution is -2.37. The quantitative estimate of drug-likeness (QED) is 0.793. The average molecular weight is 335 g/mol. The van der Waals surface area contributed by atoms with Gasteiger partial charge in [0.05, 0.1) is 12.5 Å². The molecule has 1 aromatic heterocycles. The zero-order valence-electron chi connectivity index (χ0n) is 13.5. The van der Waals surface area contributed by atoms with E-state index in [-0.39, 0.29) is 18.4 Å². The lowest BCUT2D eigenvalue weighted by molar-refractivity contribution is -0.126. The first-order valence-electron chi connectivity index (χ1n) is 8.16. The van der Waals surface area contributed by atoms with Crippen molar-refractivity contribution in [1.82, 2.24) is 15.5 Å². The number of hydrogen-bond donors (Lipinski definition) is 1. The molecule has 25 heavy (non-hydrogen) atoms. The predicted molar refractivity (Wildman–Crippen MR) is 90.7 cm³/mol.